The van der Waals surface area contributed by atoms with Crippen LogP contribution in [0.5, 0.6) is 5.75 Å². The highest BCUT2D eigenvalue weighted by atomic mass is 79.9. The lowest BCUT2D eigenvalue weighted by molar-refractivity contribution is 0.0599. The highest BCUT2D eigenvalue weighted by Crippen LogP contribution is 2.29. The number of hydrogen-bond acceptors (Lipinski definition) is 5. The fraction of sp³-hybridized carbons (Fsp3) is 0.0714. The lowest BCUT2D eigenvalue weighted by Gasteiger charge is -2.09. The van der Waals surface area contributed by atoms with Crippen molar-refractivity contribution in [3.8, 4) is 5.75 Å². The first-order valence-electron chi connectivity index (χ1n) is 6.02. The lowest BCUT2D eigenvalue weighted by Crippen LogP contribution is -2.11. The van der Waals surface area contributed by atoms with Crippen molar-refractivity contribution in [2.75, 3.05) is 7.11 Å². The number of methoxy groups -OCH3 is 1. The Balaban J connectivity index is 2.39. The van der Waals surface area contributed by atoms with E-state index in [0.29, 0.717) is 4.47 Å². The predicted octanol–water partition coefficient (Wildman–Crippen LogP) is 4.31. The van der Waals surface area contributed by atoms with Crippen LogP contribution in [0.15, 0.2) is 45.8 Å². The van der Waals surface area contributed by atoms with Crippen molar-refractivity contribution < 1.29 is 22.1 Å². The van der Waals surface area contributed by atoms with Crippen LogP contribution >= 0.6 is 39.1 Å². The molecule has 0 aliphatic rings. The Kier molecular flexibility index (Phi) is 5.57. The van der Waals surface area contributed by atoms with Crippen molar-refractivity contribution in [3.05, 3.63) is 56.5 Å². The van der Waals surface area contributed by atoms with Crippen LogP contribution in [0.4, 0.5) is 0 Å². The second kappa shape index (κ2) is 7.09. The molecule has 9 heteroatoms. The normalized spacial score (nSPS) is 11.1. The van der Waals surface area contributed by atoms with Gasteiger partial charge in [0.25, 0.3) is 0 Å². The summed E-state index contributed by atoms with van der Waals surface area (Å²) in [7, 11) is -2.96. The first-order chi connectivity index (χ1) is 10.7. The summed E-state index contributed by atoms with van der Waals surface area (Å²) in [4.78, 5) is 11.4. The molecule has 0 saturated heterocycles. The molecule has 2 aromatic carbocycles. The molecule has 2 aromatic rings. The zero-order chi connectivity index (χ0) is 17.2. The van der Waals surface area contributed by atoms with E-state index in [9.17, 15) is 13.2 Å². The minimum Gasteiger partial charge on any atom is -0.465 e. The minimum atomic E-state index is -4.15. The maximum atomic E-state index is 12.3. The molecule has 0 aliphatic heterocycles. The van der Waals surface area contributed by atoms with Crippen molar-refractivity contribution in [2.24, 2.45) is 0 Å². The molecular weight excluding hydrogens is 431 g/mol. The van der Waals surface area contributed by atoms with E-state index in [1.54, 1.807) is 0 Å². The summed E-state index contributed by atoms with van der Waals surface area (Å²) >= 11 is 14.7. The molecule has 0 atom stereocenters. The first-order valence-corrected chi connectivity index (χ1v) is 8.97. The van der Waals surface area contributed by atoms with Crippen LogP contribution in [0.25, 0.3) is 0 Å². The van der Waals surface area contributed by atoms with E-state index in [4.69, 9.17) is 27.4 Å². The quantitative estimate of drug-likeness (QED) is 0.524. The molecule has 122 valence electrons. The third-order valence-corrected chi connectivity index (χ3v) is 5.40. The van der Waals surface area contributed by atoms with Gasteiger partial charge in [-0.25, -0.2) is 4.79 Å². The zero-order valence-corrected chi connectivity index (χ0v) is 15.5. The zero-order valence-electron chi connectivity index (χ0n) is 11.5. The summed E-state index contributed by atoms with van der Waals surface area (Å²) in [5, 5.41) is 0.429. The van der Waals surface area contributed by atoms with Gasteiger partial charge in [0.15, 0.2) is 0 Å². The molecule has 0 unspecified atom stereocenters. The van der Waals surface area contributed by atoms with Gasteiger partial charge in [0, 0.05) is 10.5 Å². The van der Waals surface area contributed by atoms with Gasteiger partial charge in [0.1, 0.15) is 10.6 Å². The fourth-order valence-electron chi connectivity index (χ4n) is 1.63. The summed E-state index contributed by atoms with van der Waals surface area (Å²) < 4.78 is 34.6. The van der Waals surface area contributed by atoms with Gasteiger partial charge in [0.2, 0.25) is 0 Å². The van der Waals surface area contributed by atoms with Crippen molar-refractivity contribution in [3.63, 3.8) is 0 Å². The van der Waals surface area contributed by atoms with E-state index in [1.807, 2.05) is 0 Å². The van der Waals surface area contributed by atoms with Gasteiger partial charge in [-0.1, -0.05) is 23.2 Å². The van der Waals surface area contributed by atoms with Crippen LogP contribution in [0.3, 0.4) is 0 Å². The SMILES string of the molecule is COC(=O)c1cc(S(=O)(=O)Oc2ccc(Cl)c(Cl)c2)ccc1Br. The Hall–Kier alpha value is -1.28. The molecular formula is C14H9BrCl2O5S. The van der Waals surface area contributed by atoms with Gasteiger partial charge in [-0.3, -0.25) is 0 Å². The standard InChI is InChI=1S/C14H9BrCl2O5S/c1-21-14(18)10-7-9(3-4-11(10)15)23(19,20)22-8-2-5-12(16)13(17)6-8/h2-7H,1H3. The van der Waals surface area contributed by atoms with Crippen molar-refractivity contribution >= 4 is 55.2 Å². The molecule has 0 spiro atoms. The molecule has 0 saturated carbocycles. The van der Waals surface area contributed by atoms with Crippen molar-refractivity contribution in [1.82, 2.24) is 0 Å². The highest BCUT2D eigenvalue weighted by molar-refractivity contribution is 9.10. The molecule has 5 nitrogen and oxygen atoms in total. The smallest absolute Gasteiger partial charge is 0.339 e. The summed E-state index contributed by atoms with van der Waals surface area (Å²) in [6.45, 7) is 0. The third kappa shape index (κ3) is 4.17. The number of rotatable bonds is 4. The van der Waals surface area contributed by atoms with Gasteiger partial charge < -0.3 is 8.92 Å². The maximum absolute atomic E-state index is 12.3. The molecule has 0 bridgehead atoms. The number of ether oxygens (including phenoxy) is 1. The maximum Gasteiger partial charge on any atom is 0.339 e. The van der Waals surface area contributed by atoms with Crippen molar-refractivity contribution in [1.29, 1.82) is 0 Å². The second-order valence-corrected chi connectivity index (χ2v) is 7.46. The van der Waals surface area contributed by atoms with Gasteiger partial charge >= 0.3 is 16.1 Å². The van der Waals surface area contributed by atoms with Crippen molar-refractivity contribution in [2.45, 2.75) is 4.90 Å². The molecule has 0 aromatic heterocycles. The average molecular weight is 440 g/mol. The summed E-state index contributed by atoms with van der Waals surface area (Å²) in [6.07, 6.45) is 0. The Morgan fingerprint density at radius 3 is 2.39 bits per heavy atom. The number of hydrogen-bond donors (Lipinski definition) is 0. The molecule has 2 rings (SSSR count). The Labute approximate surface area is 151 Å². The Morgan fingerprint density at radius 1 is 1.09 bits per heavy atom. The highest BCUT2D eigenvalue weighted by Gasteiger charge is 2.21. The summed E-state index contributed by atoms with van der Waals surface area (Å²) in [5.41, 5.74) is 0.0614. The molecule has 0 radical (unpaired) electrons. The molecule has 0 fully saturated rings. The van der Waals surface area contributed by atoms with Gasteiger partial charge in [-0.15, -0.1) is 0 Å². The number of halogens is 3. The van der Waals surface area contributed by atoms with Crippen LogP contribution < -0.4 is 4.18 Å². The van der Waals surface area contributed by atoms with E-state index in [1.165, 1.54) is 37.4 Å². The summed E-state index contributed by atoms with van der Waals surface area (Å²) in [6, 6.07) is 7.92. The minimum absolute atomic E-state index is 0.00179. The van der Waals surface area contributed by atoms with Crippen LogP contribution in [0, 0.1) is 0 Å². The fourth-order valence-corrected chi connectivity index (χ4v) is 3.28. The molecule has 0 heterocycles. The number of benzene rings is 2. The molecule has 0 amide bonds. The summed E-state index contributed by atoms with van der Waals surface area (Å²) in [5.74, 6) is -0.676. The number of esters is 1. The van der Waals surface area contributed by atoms with Crippen LogP contribution in [-0.2, 0) is 14.9 Å². The molecule has 0 aliphatic carbocycles. The molecule has 23 heavy (non-hydrogen) atoms. The molecule has 0 N–H and O–H groups in total. The van der Waals surface area contributed by atoms with Gasteiger partial charge in [0.05, 0.1) is 22.7 Å². The largest absolute Gasteiger partial charge is 0.465 e. The van der Waals surface area contributed by atoms with E-state index in [2.05, 4.69) is 20.7 Å². The second-order valence-electron chi connectivity index (χ2n) is 4.25. The van der Waals surface area contributed by atoms with Gasteiger partial charge in [-0.05, 0) is 46.3 Å². The van der Waals surface area contributed by atoms with Gasteiger partial charge in [-0.2, -0.15) is 8.42 Å². The first kappa shape index (κ1) is 18.1. The van der Waals surface area contributed by atoms with E-state index < -0.39 is 16.1 Å². The van der Waals surface area contributed by atoms with Crippen LogP contribution in [-0.4, -0.2) is 21.5 Å². The van der Waals surface area contributed by atoms with E-state index in [-0.39, 0.29) is 26.3 Å². The predicted molar refractivity (Wildman–Crippen MR) is 89.8 cm³/mol. The van der Waals surface area contributed by atoms with E-state index in [0.717, 1.165) is 6.07 Å². The Bertz CT molecular complexity index is 867. The number of carbonyl (C=O) groups excluding carboxylic acids is 1. The van der Waals surface area contributed by atoms with Crippen LogP contribution in [0.1, 0.15) is 10.4 Å². The van der Waals surface area contributed by atoms with E-state index >= 15 is 0 Å². The average Bonchev–Trinajstić information content (AvgIpc) is 2.50. The lowest BCUT2D eigenvalue weighted by atomic mass is 10.2. The third-order valence-electron chi connectivity index (χ3n) is 2.73. The Morgan fingerprint density at radius 2 is 1.78 bits per heavy atom. The van der Waals surface area contributed by atoms with Crippen LogP contribution in [0.2, 0.25) is 10.0 Å². The number of carbonyl (C=O) groups is 1. The monoisotopic (exact) mass is 438 g/mol. The topological polar surface area (TPSA) is 69.7 Å².